The van der Waals surface area contributed by atoms with Crippen molar-refractivity contribution >= 4 is 22.7 Å². The summed E-state index contributed by atoms with van der Waals surface area (Å²) in [5.41, 5.74) is 17.9. The van der Waals surface area contributed by atoms with Gasteiger partial charge >= 0.3 is 0 Å². The Morgan fingerprint density at radius 2 is 1.08 bits per heavy atom. The van der Waals surface area contributed by atoms with Crippen LogP contribution in [0.4, 0.5) is 11.4 Å². The summed E-state index contributed by atoms with van der Waals surface area (Å²) in [5, 5.41) is 14.7. The van der Waals surface area contributed by atoms with Gasteiger partial charge in [0, 0.05) is 18.5 Å². The zero-order valence-corrected chi connectivity index (χ0v) is 13.5. The van der Waals surface area contributed by atoms with Crippen LogP contribution >= 0.6 is 0 Å². The number of nitrogens with one attached hydrogen (secondary N) is 1. The minimum absolute atomic E-state index is 0.498. The minimum Gasteiger partial charge on any atom is -0.400 e. The van der Waals surface area contributed by atoms with E-state index in [0.717, 1.165) is 40.8 Å². The number of nitrogens with two attached hydrogens (primary N) is 2. The first-order valence-corrected chi connectivity index (χ1v) is 7.49. The number of anilines is 2. The fraction of sp³-hybridized carbons (Fsp3) is 0.0500. The highest BCUT2D eigenvalue weighted by Crippen LogP contribution is 2.30. The molecule has 0 unspecified atom stereocenters. The number of nitrogen functional groups attached to an aromatic ring is 2. The van der Waals surface area contributed by atoms with E-state index in [2.05, 4.69) is 0 Å². The second-order valence-electron chi connectivity index (χ2n) is 5.20. The summed E-state index contributed by atoms with van der Waals surface area (Å²) in [4.78, 5) is 0. The number of rotatable bonds is 2. The lowest BCUT2D eigenvalue weighted by atomic mass is 9.90. The number of benzene rings is 2. The molecule has 0 saturated heterocycles. The van der Waals surface area contributed by atoms with E-state index in [4.69, 9.17) is 22.0 Å². The fourth-order valence-electron chi connectivity index (χ4n) is 2.44. The lowest BCUT2D eigenvalue weighted by Crippen LogP contribution is -1.97. The molecular weight excluding hydrogens is 298 g/mol. The average molecular weight is 319 g/mol. The third kappa shape index (κ3) is 4.00. The quantitative estimate of drug-likeness (QED) is 0.639. The molecule has 0 aliphatic heterocycles. The maximum absolute atomic E-state index is 7.66. The SMILES string of the molecule is CO.N=C1C=CC(=C(c2ccc(N)cc2)c2ccc(N)cc2)C=C1. The van der Waals surface area contributed by atoms with E-state index in [9.17, 15) is 0 Å². The summed E-state index contributed by atoms with van der Waals surface area (Å²) < 4.78 is 0. The van der Waals surface area contributed by atoms with Gasteiger partial charge in [0.1, 0.15) is 0 Å². The summed E-state index contributed by atoms with van der Waals surface area (Å²) in [6, 6.07) is 15.6. The molecule has 24 heavy (non-hydrogen) atoms. The topological polar surface area (TPSA) is 96.1 Å². The van der Waals surface area contributed by atoms with Crippen LogP contribution in [0.25, 0.3) is 5.57 Å². The Hall–Kier alpha value is -3.11. The van der Waals surface area contributed by atoms with Crippen LogP contribution in [-0.2, 0) is 0 Å². The number of hydrogen-bond donors (Lipinski definition) is 4. The summed E-state index contributed by atoms with van der Waals surface area (Å²) in [7, 11) is 1.00. The van der Waals surface area contributed by atoms with Crippen molar-refractivity contribution in [2.24, 2.45) is 0 Å². The second-order valence-corrected chi connectivity index (χ2v) is 5.20. The molecule has 1 aliphatic carbocycles. The second kappa shape index (κ2) is 7.94. The predicted molar refractivity (Wildman–Crippen MR) is 102 cm³/mol. The molecule has 122 valence electrons. The molecule has 0 saturated carbocycles. The smallest absolute Gasteiger partial charge is 0.0540 e. The van der Waals surface area contributed by atoms with Crippen molar-refractivity contribution in [1.82, 2.24) is 0 Å². The number of aliphatic hydroxyl groups excluding tert-OH is 1. The Labute approximate surface area is 141 Å². The molecular formula is C20H21N3O. The molecule has 2 aromatic rings. The Bertz CT molecular complexity index is 732. The molecule has 2 aromatic carbocycles. The molecule has 4 nitrogen and oxygen atoms in total. The Morgan fingerprint density at radius 1 is 0.708 bits per heavy atom. The molecule has 1 aliphatic rings. The molecule has 0 amide bonds. The molecule has 0 spiro atoms. The standard InChI is InChI=1S/C19H17N3.CH4O/c20-16-7-1-13(2-8-16)19(14-3-9-17(21)10-4-14)15-5-11-18(22)12-6-15;1-2/h1-12,20H,21-22H2;2H,1H3. The zero-order valence-electron chi connectivity index (χ0n) is 13.5. The van der Waals surface area contributed by atoms with Gasteiger partial charge in [0.15, 0.2) is 0 Å². The van der Waals surface area contributed by atoms with E-state index in [0.29, 0.717) is 5.71 Å². The van der Waals surface area contributed by atoms with Gasteiger partial charge < -0.3 is 22.0 Å². The van der Waals surface area contributed by atoms with E-state index in [-0.39, 0.29) is 0 Å². The van der Waals surface area contributed by atoms with Crippen LogP contribution in [0.15, 0.2) is 78.4 Å². The fourth-order valence-corrected chi connectivity index (χ4v) is 2.44. The van der Waals surface area contributed by atoms with Gasteiger partial charge in [-0.1, -0.05) is 36.4 Å². The van der Waals surface area contributed by atoms with Gasteiger partial charge in [-0.2, -0.15) is 0 Å². The molecule has 3 rings (SSSR count). The maximum Gasteiger partial charge on any atom is 0.0540 e. The van der Waals surface area contributed by atoms with Crippen molar-refractivity contribution < 1.29 is 5.11 Å². The van der Waals surface area contributed by atoms with Crippen LogP contribution in [-0.4, -0.2) is 17.9 Å². The molecule has 4 heteroatoms. The number of hydrogen-bond acceptors (Lipinski definition) is 4. The summed E-state index contributed by atoms with van der Waals surface area (Å²) in [5.74, 6) is 0. The van der Waals surface area contributed by atoms with E-state index in [1.54, 1.807) is 12.2 Å². The van der Waals surface area contributed by atoms with Crippen LogP contribution in [0.1, 0.15) is 11.1 Å². The first-order valence-electron chi connectivity index (χ1n) is 7.49. The van der Waals surface area contributed by atoms with Gasteiger partial charge in [-0.25, -0.2) is 0 Å². The van der Waals surface area contributed by atoms with Crippen LogP contribution in [0, 0.1) is 5.41 Å². The summed E-state index contributed by atoms with van der Waals surface area (Å²) in [6.07, 6.45) is 7.52. The van der Waals surface area contributed by atoms with Gasteiger partial charge in [-0.05, 0) is 58.7 Å². The highest BCUT2D eigenvalue weighted by Gasteiger charge is 2.10. The maximum atomic E-state index is 7.66. The monoisotopic (exact) mass is 319 g/mol. The Balaban J connectivity index is 0.00000100. The third-order valence-corrected chi connectivity index (χ3v) is 3.57. The third-order valence-electron chi connectivity index (χ3n) is 3.57. The summed E-state index contributed by atoms with van der Waals surface area (Å²) >= 11 is 0. The number of aliphatic hydroxyl groups is 1. The Kier molecular flexibility index (Phi) is 5.71. The lowest BCUT2D eigenvalue weighted by Gasteiger charge is -2.14. The Morgan fingerprint density at radius 3 is 1.46 bits per heavy atom. The summed E-state index contributed by atoms with van der Waals surface area (Å²) in [6.45, 7) is 0. The zero-order chi connectivity index (χ0) is 17.5. The largest absolute Gasteiger partial charge is 0.400 e. The molecule has 0 bridgehead atoms. The van der Waals surface area contributed by atoms with E-state index >= 15 is 0 Å². The van der Waals surface area contributed by atoms with Crippen LogP contribution in [0.3, 0.4) is 0 Å². The van der Waals surface area contributed by atoms with E-state index in [1.807, 2.05) is 60.7 Å². The van der Waals surface area contributed by atoms with Crippen LogP contribution in [0.5, 0.6) is 0 Å². The first-order chi connectivity index (χ1) is 11.6. The average Bonchev–Trinajstić information content (AvgIpc) is 2.62. The molecule has 0 atom stereocenters. The predicted octanol–water partition coefficient (Wildman–Crippen LogP) is 3.41. The highest BCUT2D eigenvalue weighted by molar-refractivity contribution is 6.05. The molecule has 0 heterocycles. The number of allylic oxidation sites excluding steroid dienone is 5. The minimum atomic E-state index is 0.498. The van der Waals surface area contributed by atoms with Crippen molar-refractivity contribution in [2.45, 2.75) is 0 Å². The van der Waals surface area contributed by atoms with Gasteiger partial charge in [-0.15, -0.1) is 0 Å². The van der Waals surface area contributed by atoms with Crippen molar-refractivity contribution in [3.63, 3.8) is 0 Å². The molecule has 0 aromatic heterocycles. The van der Waals surface area contributed by atoms with Crippen molar-refractivity contribution in [1.29, 1.82) is 5.41 Å². The van der Waals surface area contributed by atoms with Gasteiger partial charge in [0.2, 0.25) is 0 Å². The molecule has 0 fully saturated rings. The molecule has 6 N–H and O–H groups in total. The van der Waals surface area contributed by atoms with Crippen LogP contribution in [0.2, 0.25) is 0 Å². The van der Waals surface area contributed by atoms with Gasteiger partial charge in [-0.3, -0.25) is 0 Å². The van der Waals surface area contributed by atoms with Crippen molar-refractivity contribution in [3.8, 4) is 0 Å². The van der Waals surface area contributed by atoms with Gasteiger partial charge in [0.05, 0.1) is 5.71 Å². The van der Waals surface area contributed by atoms with Crippen molar-refractivity contribution in [3.05, 3.63) is 89.5 Å². The lowest BCUT2D eigenvalue weighted by molar-refractivity contribution is 0.399. The normalized spacial score (nSPS) is 12.6. The van der Waals surface area contributed by atoms with Crippen LogP contribution < -0.4 is 11.5 Å². The van der Waals surface area contributed by atoms with E-state index in [1.165, 1.54) is 0 Å². The highest BCUT2D eigenvalue weighted by atomic mass is 16.2. The molecule has 0 radical (unpaired) electrons. The van der Waals surface area contributed by atoms with Crippen molar-refractivity contribution in [2.75, 3.05) is 18.6 Å². The first kappa shape index (κ1) is 17.2. The van der Waals surface area contributed by atoms with Gasteiger partial charge in [0.25, 0.3) is 0 Å². The van der Waals surface area contributed by atoms with E-state index < -0.39 is 0 Å².